The molecule has 0 unspecified atom stereocenters. The van der Waals surface area contributed by atoms with Gasteiger partial charge in [-0.25, -0.2) is 4.98 Å². The second-order valence-electron chi connectivity index (χ2n) is 7.02. The summed E-state index contributed by atoms with van der Waals surface area (Å²) in [6.07, 6.45) is -3.06. The summed E-state index contributed by atoms with van der Waals surface area (Å²) in [6, 6.07) is 7.04. The Morgan fingerprint density at radius 3 is 2.31 bits per heavy atom. The number of nitrogens with zero attached hydrogens (tertiary/aromatic N) is 4. The highest BCUT2D eigenvalue weighted by Gasteiger charge is 2.36. The summed E-state index contributed by atoms with van der Waals surface area (Å²) in [7, 11) is 1.39. The molecule has 1 aromatic carbocycles. The third-order valence-electron chi connectivity index (χ3n) is 4.35. The van der Waals surface area contributed by atoms with Gasteiger partial charge in [0.25, 0.3) is 0 Å². The van der Waals surface area contributed by atoms with Crippen molar-refractivity contribution in [3.05, 3.63) is 47.7 Å². The molecule has 170 valence electrons. The van der Waals surface area contributed by atoms with Crippen molar-refractivity contribution < 1.29 is 31.5 Å². The Labute approximate surface area is 185 Å². The summed E-state index contributed by atoms with van der Waals surface area (Å²) in [5.74, 6) is -0.367. The largest absolute Gasteiger partial charge is 0.417 e. The van der Waals surface area contributed by atoms with Gasteiger partial charge in [0.1, 0.15) is 6.29 Å². The van der Waals surface area contributed by atoms with Crippen molar-refractivity contribution in [3.8, 4) is 11.9 Å². The van der Waals surface area contributed by atoms with Crippen molar-refractivity contribution in [2.45, 2.75) is 32.2 Å². The number of benzene rings is 1. The Morgan fingerprint density at radius 2 is 1.84 bits per heavy atom. The van der Waals surface area contributed by atoms with Crippen LogP contribution in [-0.4, -0.2) is 35.6 Å². The van der Waals surface area contributed by atoms with Crippen LogP contribution >= 0.6 is 12.2 Å². The van der Waals surface area contributed by atoms with E-state index in [-0.39, 0.29) is 22.4 Å². The molecule has 0 atom stereocenters. The number of hydrogen-bond donors (Lipinski definition) is 0. The van der Waals surface area contributed by atoms with Crippen molar-refractivity contribution in [1.82, 2.24) is 4.98 Å². The molecule has 0 fully saturated rings. The van der Waals surface area contributed by atoms with Gasteiger partial charge in [-0.15, -0.1) is 0 Å². The normalized spacial score (nSPS) is 11.6. The lowest BCUT2D eigenvalue weighted by Gasteiger charge is -2.39. The molecular weight excluding hydrogens is 455 g/mol. The fourth-order valence-electron chi connectivity index (χ4n) is 2.74. The lowest BCUT2D eigenvalue weighted by atomic mass is 10.0. The molecule has 0 N–H and O–H groups in total. The SMILES string of the molecule is CN(C(=S)N(c1ccc(OC(F)F)nc1)C(C)(C)C=O)c1ccc(C#N)c(C(F)(F)F)c1. The van der Waals surface area contributed by atoms with Crippen LogP contribution in [0, 0.1) is 11.3 Å². The van der Waals surface area contributed by atoms with Crippen molar-refractivity contribution >= 4 is 35.0 Å². The zero-order valence-corrected chi connectivity index (χ0v) is 17.8. The van der Waals surface area contributed by atoms with E-state index >= 15 is 0 Å². The Hall–Kier alpha value is -3.33. The third kappa shape index (κ3) is 5.47. The fraction of sp³-hybridized carbons (Fsp3) is 0.300. The quantitative estimate of drug-likeness (QED) is 0.341. The highest BCUT2D eigenvalue weighted by molar-refractivity contribution is 7.80. The van der Waals surface area contributed by atoms with Gasteiger partial charge >= 0.3 is 12.8 Å². The van der Waals surface area contributed by atoms with Crippen molar-refractivity contribution in [1.29, 1.82) is 5.26 Å². The molecule has 0 amide bonds. The minimum atomic E-state index is -4.77. The van der Waals surface area contributed by atoms with Gasteiger partial charge in [-0.2, -0.15) is 27.2 Å². The Bertz CT molecular complexity index is 1040. The van der Waals surface area contributed by atoms with Gasteiger partial charge in [0, 0.05) is 18.8 Å². The fourth-order valence-corrected chi connectivity index (χ4v) is 3.19. The molecule has 32 heavy (non-hydrogen) atoms. The Kier molecular flexibility index (Phi) is 7.35. The molecule has 0 radical (unpaired) electrons. The number of pyridine rings is 1. The number of ether oxygens (including phenoxy) is 1. The minimum absolute atomic E-state index is 0.0126. The molecule has 2 rings (SSSR count). The van der Waals surface area contributed by atoms with Crippen LogP contribution in [0.1, 0.15) is 25.0 Å². The molecule has 0 spiro atoms. The number of aromatic nitrogens is 1. The Morgan fingerprint density at radius 1 is 1.22 bits per heavy atom. The van der Waals surface area contributed by atoms with E-state index in [9.17, 15) is 26.7 Å². The summed E-state index contributed by atoms with van der Waals surface area (Å²) in [5, 5.41) is 8.89. The van der Waals surface area contributed by atoms with E-state index in [2.05, 4.69) is 9.72 Å². The first-order valence-corrected chi connectivity index (χ1v) is 9.29. The van der Waals surface area contributed by atoms with E-state index in [4.69, 9.17) is 17.5 Å². The number of carbonyl (C=O) groups is 1. The summed E-state index contributed by atoms with van der Waals surface area (Å²) in [5.41, 5.74) is -2.74. The molecule has 2 aromatic rings. The number of carbonyl (C=O) groups excluding carboxylic acids is 1. The first-order chi connectivity index (χ1) is 14.8. The second kappa shape index (κ2) is 9.44. The zero-order valence-electron chi connectivity index (χ0n) is 17.0. The van der Waals surface area contributed by atoms with E-state index in [0.29, 0.717) is 6.29 Å². The maximum absolute atomic E-state index is 13.3. The summed E-state index contributed by atoms with van der Waals surface area (Å²) < 4.78 is 69.0. The standard InChI is InChI=1S/C20H17F5N4O2S/c1-19(2,11-30)29(14-6-7-16(27-10-14)31-17(21)22)18(32)28(3)13-5-4-12(9-26)15(8-13)20(23,24)25/h4-8,10-11,17H,1-3H3. The van der Waals surface area contributed by atoms with Crippen LogP contribution in [0.2, 0.25) is 0 Å². The van der Waals surface area contributed by atoms with Gasteiger partial charge in [-0.3, -0.25) is 0 Å². The minimum Gasteiger partial charge on any atom is -0.417 e. The predicted molar refractivity (Wildman–Crippen MR) is 111 cm³/mol. The molecule has 0 aliphatic rings. The maximum Gasteiger partial charge on any atom is 0.417 e. The summed E-state index contributed by atoms with van der Waals surface area (Å²) in [6.45, 7) is -0.0740. The van der Waals surface area contributed by atoms with E-state index in [1.54, 1.807) is 0 Å². The molecule has 0 aliphatic heterocycles. The molecule has 1 aromatic heterocycles. The van der Waals surface area contributed by atoms with Gasteiger partial charge < -0.3 is 19.3 Å². The van der Waals surface area contributed by atoms with Crippen LogP contribution in [0.25, 0.3) is 0 Å². The number of nitriles is 1. The van der Waals surface area contributed by atoms with Crippen LogP contribution in [0.15, 0.2) is 36.5 Å². The lowest BCUT2D eigenvalue weighted by Crippen LogP contribution is -2.54. The first-order valence-electron chi connectivity index (χ1n) is 8.88. The third-order valence-corrected chi connectivity index (χ3v) is 4.80. The molecule has 0 saturated heterocycles. The van der Waals surface area contributed by atoms with Crippen molar-refractivity contribution in [2.75, 3.05) is 16.8 Å². The van der Waals surface area contributed by atoms with Gasteiger partial charge in [-0.1, -0.05) is 0 Å². The van der Waals surface area contributed by atoms with Crippen LogP contribution in [0.5, 0.6) is 5.88 Å². The maximum atomic E-state index is 13.3. The molecule has 12 heteroatoms. The smallest absolute Gasteiger partial charge is 0.417 e. The average molecular weight is 472 g/mol. The van der Waals surface area contributed by atoms with Gasteiger partial charge in [0.2, 0.25) is 5.88 Å². The van der Waals surface area contributed by atoms with Crippen LogP contribution in [-0.2, 0) is 11.0 Å². The first kappa shape index (κ1) is 24.9. The number of thiocarbonyl (C=S) groups is 1. The topological polar surface area (TPSA) is 69.5 Å². The number of alkyl halides is 5. The lowest BCUT2D eigenvalue weighted by molar-refractivity contribution is -0.137. The van der Waals surface area contributed by atoms with Crippen LogP contribution in [0.4, 0.5) is 33.3 Å². The predicted octanol–water partition coefficient (Wildman–Crippen LogP) is 4.78. The number of anilines is 2. The number of rotatable bonds is 6. The van der Waals surface area contributed by atoms with E-state index in [1.807, 2.05) is 0 Å². The number of aldehydes is 1. The summed E-state index contributed by atoms with van der Waals surface area (Å²) in [4.78, 5) is 18.0. The van der Waals surface area contributed by atoms with Crippen molar-refractivity contribution in [2.24, 2.45) is 0 Å². The second-order valence-corrected chi connectivity index (χ2v) is 7.39. The van der Waals surface area contributed by atoms with Crippen LogP contribution < -0.4 is 14.5 Å². The molecule has 6 nitrogen and oxygen atoms in total. The summed E-state index contributed by atoms with van der Waals surface area (Å²) >= 11 is 5.44. The van der Waals surface area contributed by atoms with Gasteiger partial charge in [0.15, 0.2) is 5.11 Å². The monoisotopic (exact) mass is 472 g/mol. The van der Waals surface area contributed by atoms with Gasteiger partial charge in [0.05, 0.1) is 34.6 Å². The molecule has 0 aliphatic carbocycles. The average Bonchev–Trinajstić information content (AvgIpc) is 2.72. The van der Waals surface area contributed by atoms with E-state index < -0.39 is 29.5 Å². The van der Waals surface area contributed by atoms with Crippen LogP contribution in [0.3, 0.4) is 0 Å². The van der Waals surface area contributed by atoms with Gasteiger partial charge in [-0.05, 0) is 50.3 Å². The molecule has 1 heterocycles. The Balaban J connectivity index is 2.49. The number of halogens is 5. The zero-order chi connectivity index (χ0) is 24.3. The van der Waals surface area contributed by atoms with Crippen molar-refractivity contribution in [3.63, 3.8) is 0 Å². The molecule has 0 bridgehead atoms. The molecule has 0 saturated carbocycles. The van der Waals surface area contributed by atoms with E-state index in [1.165, 1.54) is 48.9 Å². The molecular formula is C20H17F5N4O2S. The number of hydrogen-bond acceptors (Lipinski definition) is 5. The van der Waals surface area contributed by atoms with E-state index in [0.717, 1.165) is 24.4 Å². The highest BCUT2D eigenvalue weighted by atomic mass is 32.1. The highest BCUT2D eigenvalue weighted by Crippen LogP contribution is 2.35.